The highest BCUT2D eigenvalue weighted by molar-refractivity contribution is 8.13. The number of benzene rings is 1. The van der Waals surface area contributed by atoms with E-state index < -0.39 is 0 Å². The molecule has 0 aliphatic carbocycles. The third-order valence-corrected chi connectivity index (χ3v) is 2.95. The van der Waals surface area contributed by atoms with Crippen molar-refractivity contribution < 1.29 is 4.79 Å². The topological polar surface area (TPSA) is 30.0 Å². The fraction of sp³-hybridized carbons (Fsp3) is 0.143. The first-order valence-electron chi connectivity index (χ1n) is 5.22. The number of nitrogens with zero attached hydrogens (tertiary/aromatic N) is 1. The van der Waals surface area contributed by atoms with Crippen molar-refractivity contribution in [3.63, 3.8) is 0 Å². The fourth-order valence-electron chi connectivity index (χ4n) is 1.50. The molecule has 0 bridgehead atoms. The Morgan fingerprint density at radius 1 is 1.41 bits per heavy atom. The van der Waals surface area contributed by atoms with Crippen LogP contribution in [0, 0.1) is 11.8 Å². The summed E-state index contributed by atoms with van der Waals surface area (Å²) in [7, 11) is 0. The Morgan fingerprint density at radius 2 is 2.29 bits per heavy atom. The molecule has 3 heteroatoms. The lowest BCUT2D eigenvalue weighted by Crippen LogP contribution is -1.83. The van der Waals surface area contributed by atoms with Gasteiger partial charge in [-0.1, -0.05) is 35.7 Å². The first kappa shape index (κ1) is 11.7. The predicted octanol–water partition coefficient (Wildman–Crippen LogP) is 2.87. The fourth-order valence-corrected chi connectivity index (χ4v) is 1.85. The van der Waals surface area contributed by atoms with Crippen molar-refractivity contribution in [2.75, 3.05) is 5.75 Å². The van der Waals surface area contributed by atoms with Gasteiger partial charge in [-0.05, 0) is 12.1 Å². The zero-order valence-corrected chi connectivity index (χ0v) is 10.3. The van der Waals surface area contributed by atoms with Crippen molar-refractivity contribution in [3.8, 4) is 11.8 Å². The highest BCUT2D eigenvalue weighted by Gasteiger charge is 1.96. The van der Waals surface area contributed by atoms with Crippen LogP contribution in [0.4, 0.5) is 0 Å². The molecule has 1 heterocycles. The summed E-state index contributed by atoms with van der Waals surface area (Å²) in [5, 5.41) is 2.28. The van der Waals surface area contributed by atoms with Crippen LogP contribution in [0.15, 0.2) is 36.7 Å². The molecule has 1 aromatic carbocycles. The minimum absolute atomic E-state index is 0.0985. The molecule has 0 saturated heterocycles. The van der Waals surface area contributed by atoms with E-state index in [1.54, 1.807) is 13.1 Å². The zero-order valence-electron chi connectivity index (χ0n) is 9.43. The minimum atomic E-state index is 0.0985. The number of rotatable bonds is 1. The molecule has 0 atom stereocenters. The van der Waals surface area contributed by atoms with Crippen molar-refractivity contribution in [2.24, 2.45) is 0 Å². The highest BCUT2D eigenvalue weighted by Crippen LogP contribution is 2.16. The van der Waals surface area contributed by atoms with E-state index in [2.05, 4.69) is 16.8 Å². The van der Waals surface area contributed by atoms with Gasteiger partial charge in [0.05, 0.1) is 5.75 Å². The number of aromatic nitrogens is 1. The van der Waals surface area contributed by atoms with Crippen LogP contribution in [0.2, 0.25) is 0 Å². The van der Waals surface area contributed by atoms with Crippen molar-refractivity contribution in [2.45, 2.75) is 6.92 Å². The van der Waals surface area contributed by atoms with Crippen LogP contribution in [0.5, 0.6) is 0 Å². The number of pyridine rings is 1. The van der Waals surface area contributed by atoms with Gasteiger partial charge in [0.1, 0.15) is 0 Å². The molecule has 1 aromatic heterocycles. The lowest BCUT2D eigenvalue weighted by Gasteiger charge is -1.98. The number of carbonyl (C=O) groups is 1. The Bertz CT molecular complexity index is 605. The maximum Gasteiger partial charge on any atom is 0.186 e. The normalized spacial score (nSPS) is 9.71. The monoisotopic (exact) mass is 241 g/mol. The van der Waals surface area contributed by atoms with E-state index in [0.717, 1.165) is 16.3 Å². The average molecular weight is 241 g/mol. The molecule has 0 unspecified atom stereocenters. The van der Waals surface area contributed by atoms with Crippen LogP contribution >= 0.6 is 11.8 Å². The number of hydrogen-bond acceptors (Lipinski definition) is 3. The SMILES string of the molecule is CC(=O)SCC#Cc1cccc2cnccc12. The third kappa shape index (κ3) is 3.08. The number of hydrogen-bond donors (Lipinski definition) is 0. The van der Waals surface area contributed by atoms with Gasteiger partial charge < -0.3 is 0 Å². The molecule has 2 rings (SSSR count). The van der Waals surface area contributed by atoms with Gasteiger partial charge in [-0.15, -0.1) is 0 Å². The van der Waals surface area contributed by atoms with Crippen LogP contribution in [0.25, 0.3) is 10.8 Å². The molecule has 0 radical (unpaired) electrons. The molecular weight excluding hydrogens is 230 g/mol. The van der Waals surface area contributed by atoms with Crippen LogP contribution in [-0.2, 0) is 4.79 Å². The summed E-state index contributed by atoms with van der Waals surface area (Å²) in [6, 6.07) is 7.91. The lowest BCUT2D eigenvalue weighted by atomic mass is 10.1. The van der Waals surface area contributed by atoms with Crippen LogP contribution in [0.1, 0.15) is 12.5 Å². The molecular formula is C14H11NOS. The summed E-state index contributed by atoms with van der Waals surface area (Å²) in [6.07, 6.45) is 3.59. The van der Waals surface area contributed by atoms with Crippen LogP contribution in [-0.4, -0.2) is 15.9 Å². The lowest BCUT2D eigenvalue weighted by molar-refractivity contribution is -0.109. The molecule has 2 aromatic rings. The second-order valence-corrected chi connectivity index (χ2v) is 4.64. The third-order valence-electron chi connectivity index (χ3n) is 2.25. The summed E-state index contributed by atoms with van der Waals surface area (Å²) < 4.78 is 0. The average Bonchev–Trinajstić information content (AvgIpc) is 2.34. The van der Waals surface area contributed by atoms with E-state index in [4.69, 9.17) is 0 Å². The van der Waals surface area contributed by atoms with Crippen LogP contribution < -0.4 is 0 Å². The van der Waals surface area contributed by atoms with E-state index >= 15 is 0 Å². The summed E-state index contributed by atoms with van der Waals surface area (Å²) in [6.45, 7) is 1.55. The maximum absolute atomic E-state index is 10.8. The summed E-state index contributed by atoms with van der Waals surface area (Å²) >= 11 is 1.23. The molecule has 0 N–H and O–H groups in total. The summed E-state index contributed by atoms with van der Waals surface area (Å²) in [5.41, 5.74) is 0.981. The largest absolute Gasteiger partial charge is 0.288 e. The van der Waals surface area contributed by atoms with Gasteiger partial charge in [0.2, 0.25) is 0 Å². The number of fused-ring (bicyclic) bond motifs is 1. The molecule has 0 aliphatic heterocycles. The molecule has 0 amide bonds. The molecule has 2 nitrogen and oxygen atoms in total. The molecule has 0 saturated carbocycles. The quantitative estimate of drug-likeness (QED) is 0.719. The Balaban J connectivity index is 2.26. The van der Waals surface area contributed by atoms with E-state index in [9.17, 15) is 4.79 Å². The smallest absolute Gasteiger partial charge is 0.186 e. The molecule has 17 heavy (non-hydrogen) atoms. The maximum atomic E-state index is 10.8. The first-order valence-corrected chi connectivity index (χ1v) is 6.21. The van der Waals surface area contributed by atoms with Crippen molar-refractivity contribution >= 4 is 27.6 Å². The number of thioether (sulfide) groups is 1. The minimum Gasteiger partial charge on any atom is -0.288 e. The van der Waals surface area contributed by atoms with E-state index in [1.165, 1.54) is 11.8 Å². The Kier molecular flexibility index (Phi) is 3.79. The van der Waals surface area contributed by atoms with Crippen molar-refractivity contribution in [1.82, 2.24) is 4.98 Å². The van der Waals surface area contributed by atoms with Gasteiger partial charge in [-0.25, -0.2) is 0 Å². The van der Waals surface area contributed by atoms with Crippen molar-refractivity contribution in [3.05, 3.63) is 42.2 Å². The second kappa shape index (κ2) is 5.51. The van der Waals surface area contributed by atoms with E-state index in [-0.39, 0.29) is 5.12 Å². The van der Waals surface area contributed by atoms with E-state index in [0.29, 0.717) is 5.75 Å². The first-order chi connectivity index (χ1) is 8.27. The van der Waals surface area contributed by atoms with Gasteiger partial charge in [0.15, 0.2) is 5.12 Å². The van der Waals surface area contributed by atoms with Gasteiger partial charge in [0.25, 0.3) is 0 Å². The van der Waals surface area contributed by atoms with Crippen molar-refractivity contribution in [1.29, 1.82) is 0 Å². The molecule has 0 aliphatic rings. The van der Waals surface area contributed by atoms with Gasteiger partial charge >= 0.3 is 0 Å². The van der Waals surface area contributed by atoms with Gasteiger partial charge in [-0.2, -0.15) is 0 Å². The number of carbonyl (C=O) groups excluding carboxylic acids is 1. The standard InChI is InChI=1S/C14H11NOS/c1-11(16)17-9-3-6-12-4-2-5-13-10-15-8-7-14(12)13/h2,4-5,7-8,10H,9H2,1H3. The molecule has 0 spiro atoms. The highest BCUT2D eigenvalue weighted by atomic mass is 32.2. The van der Waals surface area contributed by atoms with E-state index in [1.807, 2.05) is 30.5 Å². The van der Waals surface area contributed by atoms with Gasteiger partial charge in [0, 0.05) is 35.7 Å². The second-order valence-electron chi connectivity index (χ2n) is 3.48. The van der Waals surface area contributed by atoms with Crippen LogP contribution in [0.3, 0.4) is 0 Å². The molecule has 84 valence electrons. The Labute approximate surface area is 104 Å². The zero-order chi connectivity index (χ0) is 12.1. The predicted molar refractivity (Wildman–Crippen MR) is 71.8 cm³/mol. The summed E-state index contributed by atoms with van der Waals surface area (Å²) in [5.74, 6) is 6.63. The molecule has 0 fully saturated rings. The summed E-state index contributed by atoms with van der Waals surface area (Å²) in [4.78, 5) is 14.8. The van der Waals surface area contributed by atoms with Gasteiger partial charge in [-0.3, -0.25) is 9.78 Å². The Hall–Kier alpha value is -1.79. The Morgan fingerprint density at radius 3 is 3.12 bits per heavy atom.